The van der Waals surface area contributed by atoms with Gasteiger partial charge in [0.2, 0.25) is 0 Å². The molecule has 7 heteroatoms. The summed E-state index contributed by atoms with van der Waals surface area (Å²) in [5.41, 5.74) is 0. The van der Waals surface area contributed by atoms with Gasteiger partial charge in [-0.05, 0) is 32.6 Å². The zero-order valence-corrected chi connectivity index (χ0v) is 12.6. The lowest BCUT2D eigenvalue weighted by Crippen LogP contribution is -2.53. The molecule has 1 aliphatic carbocycles. The first kappa shape index (κ1) is 15.2. The van der Waals surface area contributed by atoms with Crippen molar-refractivity contribution in [2.24, 2.45) is 5.92 Å². The normalized spacial score (nSPS) is 37.3. The van der Waals surface area contributed by atoms with Crippen LogP contribution in [-0.4, -0.2) is 67.1 Å². The number of ether oxygens (including phenoxy) is 1. The third-order valence-electron chi connectivity index (χ3n) is 3.83. The standard InChI is InChI=1S/C12H24N2O4S/c1-9-6-14(7-10(2)18-9)19(16,17)13(3)8-11-4-12(15)5-11/h9-12,15H,4-8H2,1-3H3. The summed E-state index contributed by atoms with van der Waals surface area (Å²) in [6, 6.07) is 0. The minimum atomic E-state index is -3.41. The lowest BCUT2D eigenvalue weighted by Gasteiger charge is -2.39. The molecule has 19 heavy (non-hydrogen) atoms. The zero-order valence-electron chi connectivity index (χ0n) is 11.8. The van der Waals surface area contributed by atoms with Gasteiger partial charge < -0.3 is 9.84 Å². The molecule has 2 unspecified atom stereocenters. The van der Waals surface area contributed by atoms with E-state index in [1.54, 1.807) is 7.05 Å². The third kappa shape index (κ3) is 3.46. The Morgan fingerprint density at radius 1 is 1.26 bits per heavy atom. The van der Waals surface area contributed by atoms with Crippen LogP contribution in [0.25, 0.3) is 0 Å². The summed E-state index contributed by atoms with van der Waals surface area (Å²) in [7, 11) is -1.80. The second kappa shape index (κ2) is 5.65. The van der Waals surface area contributed by atoms with Crippen LogP contribution in [-0.2, 0) is 14.9 Å². The van der Waals surface area contributed by atoms with E-state index in [9.17, 15) is 13.5 Å². The van der Waals surface area contributed by atoms with Gasteiger partial charge in [-0.2, -0.15) is 17.0 Å². The summed E-state index contributed by atoms with van der Waals surface area (Å²) in [4.78, 5) is 0. The van der Waals surface area contributed by atoms with Crippen molar-refractivity contribution < 1.29 is 18.3 Å². The van der Waals surface area contributed by atoms with E-state index in [2.05, 4.69) is 0 Å². The maximum Gasteiger partial charge on any atom is 0.281 e. The predicted octanol–water partition coefficient (Wildman–Crippen LogP) is 0.0431. The largest absolute Gasteiger partial charge is 0.393 e. The molecule has 0 aromatic rings. The van der Waals surface area contributed by atoms with Crippen molar-refractivity contribution in [3.63, 3.8) is 0 Å². The summed E-state index contributed by atoms with van der Waals surface area (Å²) in [5, 5.41) is 9.26. The molecule has 1 aliphatic heterocycles. The second-order valence-corrected chi connectivity index (χ2v) is 7.89. The van der Waals surface area contributed by atoms with Crippen LogP contribution >= 0.6 is 0 Å². The first-order valence-corrected chi connectivity index (χ1v) is 8.23. The third-order valence-corrected chi connectivity index (χ3v) is 5.72. The molecule has 0 bridgehead atoms. The van der Waals surface area contributed by atoms with Crippen molar-refractivity contribution in [3.05, 3.63) is 0 Å². The van der Waals surface area contributed by atoms with Crippen molar-refractivity contribution in [2.45, 2.75) is 45.0 Å². The minimum absolute atomic E-state index is 0.0718. The Kier molecular flexibility index (Phi) is 4.52. The van der Waals surface area contributed by atoms with Crippen LogP contribution in [0, 0.1) is 5.92 Å². The van der Waals surface area contributed by atoms with Crippen molar-refractivity contribution in [3.8, 4) is 0 Å². The number of morpholine rings is 1. The van der Waals surface area contributed by atoms with Crippen molar-refractivity contribution in [2.75, 3.05) is 26.7 Å². The van der Waals surface area contributed by atoms with Gasteiger partial charge in [-0.25, -0.2) is 0 Å². The predicted molar refractivity (Wildman–Crippen MR) is 71.9 cm³/mol. The first-order valence-electron chi connectivity index (χ1n) is 6.84. The topological polar surface area (TPSA) is 70.1 Å². The van der Waals surface area contributed by atoms with Gasteiger partial charge in [-0.3, -0.25) is 0 Å². The molecule has 2 atom stereocenters. The van der Waals surface area contributed by atoms with Gasteiger partial charge in [0.15, 0.2) is 0 Å². The summed E-state index contributed by atoms with van der Waals surface area (Å²) < 4.78 is 33.4. The van der Waals surface area contributed by atoms with Crippen molar-refractivity contribution >= 4 is 10.2 Å². The summed E-state index contributed by atoms with van der Waals surface area (Å²) in [6.45, 7) is 5.08. The highest BCUT2D eigenvalue weighted by Gasteiger charge is 2.36. The number of hydrogen-bond acceptors (Lipinski definition) is 4. The average Bonchev–Trinajstić information content (AvgIpc) is 2.25. The van der Waals surface area contributed by atoms with Crippen molar-refractivity contribution in [1.29, 1.82) is 0 Å². The Morgan fingerprint density at radius 2 is 1.79 bits per heavy atom. The van der Waals surface area contributed by atoms with Crippen LogP contribution in [0.1, 0.15) is 26.7 Å². The molecule has 0 spiro atoms. The fourth-order valence-corrected chi connectivity index (χ4v) is 4.41. The number of aliphatic hydroxyl groups excluding tert-OH is 1. The fourth-order valence-electron chi connectivity index (χ4n) is 2.82. The molecular weight excluding hydrogens is 268 g/mol. The van der Waals surface area contributed by atoms with Crippen LogP contribution in [0.4, 0.5) is 0 Å². The van der Waals surface area contributed by atoms with E-state index >= 15 is 0 Å². The average molecular weight is 292 g/mol. The Balaban J connectivity index is 1.96. The molecule has 0 aromatic heterocycles. The Hall–Kier alpha value is -0.210. The van der Waals surface area contributed by atoms with Gasteiger partial charge in [0.25, 0.3) is 10.2 Å². The number of rotatable bonds is 4. The van der Waals surface area contributed by atoms with Gasteiger partial charge in [-0.15, -0.1) is 0 Å². The molecule has 1 heterocycles. The van der Waals surface area contributed by atoms with E-state index in [1.165, 1.54) is 8.61 Å². The minimum Gasteiger partial charge on any atom is -0.393 e. The van der Waals surface area contributed by atoms with Gasteiger partial charge in [-0.1, -0.05) is 0 Å². The summed E-state index contributed by atoms with van der Waals surface area (Å²) in [6.07, 6.45) is 1.02. The summed E-state index contributed by atoms with van der Waals surface area (Å²) in [5.74, 6) is 0.283. The lowest BCUT2D eigenvalue weighted by molar-refractivity contribution is -0.0456. The van der Waals surface area contributed by atoms with Crippen LogP contribution in [0.15, 0.2) is 0 Å². The van der Waals surface area contributed by atoms with Crippen LogP contribution in [0.2, 0.25) is 0 Å². The van der Waals surface area contributed by atoms with Gasteiger partial charge in [0.05, 0.1) is 18.3 Å². The van der Waals surface area contributed by atoms with E-state index in [0.29, 0.717) is 32.5 Å². The smallest absolute Gasteiger partial charge is 0.281 e. The number of nitrogens with zero attached hydrogens (tertiary/aromatic N) is 2. The van der Waals surface area contributed by atoms with Gasteiger partial charge >= 0.3 is 0 Å². The highest BCUT2D eigenvalue weighted by atomic mass is 32.2. The van der Waals surface area contributed by atoms with E-state index in [0.717, 1.165) is 0 Å². The molecule has 1 saturated heterocycles. The lowest BCUT2D eigenvalue weighted by atomic mass is 9.82. The highest BCUT2D eigenvalue weighted by molar-refractivity contribution is 7.86. The maximum absolute atomic E-state index is 12.5. The molecule has 1 saturated carbocycles. The van der Waals surface area contributed by atoms with E-state index in [4.69, 9.17) is 4.74 Å². The second-order valence-electron chi connectivity index (χ2n) is 5.85. The van der Waals surface area contributed by atoms with Crippen LogP contribution in [0.3, 0.4) is 0 Å². The molecular formula is C12H24N2O4S. The summed E-state index contributed by atoms with van der Waals surface area (Å²) >= 11 is 0. The SMILES string of the molecule is CC1CN(S(=O)(=O)N(C)CC2CC(O)C2)CC(C)O1. The molecule has 0 amide bonds. The Bertz CT molecular complexity index is 398. The van der Waals surface area contributed by atoms with Crippen LogP contribution < -0.4 is 0 Å². The Labute approximate surface area is 115 Å². The Morgan fingerprint density at radius 3 is 2.26 bits per heavy atom. The first-order chi connectivity index (χ1) is 8.79. The molecule has 1 N–H and O–H groups in total. The monoisotopic (exact) mass is 292 g/mol. The maximum atomic E-state index is 12.5. The van der Waals surface area contributed by atoms with E-state index in [1.807, 2.05) is 13.8 Å². The van der Waals surface area contributed by atoms with E-state index in [-0.39, 0.29) is 24.2 Å². The molecule has 0 aromatic carbocycles. The molecule has 2 rings (SSSR count). The van der Waals surface area contributed by atoms with Crippen molar-refractivity contribution in [1.82, 2.24) is 8.61 Å². The van der Waals surface area contributed by atoms with Gasteiger partial charge in [0, 0.05) is 26.7 Å². The molecule has 2 aliphatic rings. The number of aliphatic hydroxyl groups is 1. The molecule has 6 nitrogen and oxygen atoms in total. The molecule has 112 valence electrons. The molecule has 2 fully saturated rings. The van der Waals surface area contributed by atoms with Crippen LogP contribution in [0.5, 0.6) is 0 Å². The zero-order chi connectivity index (χ0) is 14.2. The quantitative estimate of drug-likeness (QED) is 0.794. The van der Waals surface area contributed by atoms with E-state index < -0.39 is 10.2 Å². The fraction of sp³-hybridized carbons (Fsp3) is 1.00. The molecule has 0 radical (unpaired) electrons. The number of hydrogen-bond donors (Lipinski definition) is 1. The highest BCUT2D eigenvalue weighted by Crippen LogP contribution is 2.29. The van der Waals surface area contributed by atoms with Gasteiger partial charge in [0.1, 0.15) is 0 Å².